The lowest BCUT2D eigenvalue weighted by atomic mass is 9.77. The second-order valence-corrected chi connectivity index (χ2v) is 6.05. The Labute approximate surface area is 116 Å². The van der Waals surface area contributed by atoms with Crippen molar-refractivity contribution in [3.63, 3.8) is 0 Å². The first-order chi connectivity index (χ1) is 8.58. The molecule has 0 aromatic rings. The van der Waals surface area contributed by atoms with Gasteiger partial charge in [-0.1, -0.05) is 27.7 Å². The molecule has 1 saturated heterocycles. The number of likely N-dealkylation sites (tertiary alicyclic amines) is 1. The van der Waals surface area contributed by atoms with Crippen LogP contribution < -0.4 is 0 Å². The van der Waals surface area contributed by atoms with E-state index in [4.69, 9.17) is 0 Å². The van der Waals surface area contributed by atoms with Crippen LogP contribution in [0.5, 0.6) is 0 Å². The number of rotatable bonds is 4. The summed E-state index contributed by atoms with van der Waals surface area (Å²) in [6.45, 7) is 12.9. The monoisotopic (exact) mass is 269 g/mol. The number of hydrogen-bond acceptors (Lipinski definition) is 3. The van der Waals surface area contributed by atoms with E-state index >= 15 is 0 Å². The summed E-state index contributed by atoms with van der Waals surface area (Å²) in [6, 6.07) is 0. The first-order valence-corrected chi connectivity index (χ1v) is 6.95. The zero-order valence-corrected chi connectivity index (χ0v) is 13.3. The molecule has 0 bridgehead atoms. The van der Waals surface area contributed by atoms with Crippen LogP contribution in [0, 0.1) is 5.41 Å². The maximum Gasteiger partial charge on any atom is 0.230 e. The van der Waals surface area contributed by atoms with E-state index in [1.807, 2.05) is 41.5 Å². The van der Waals surface area contributed by atoms with Crippen LogP contribution in [0.3, 0.4) is 0 Å². The van der Waals surface area contributed by atoms with Crippen LogP contribution in [0.1, 0.15) is 67.7 Å². The fourth-order valence-corrected chi connectivity index (χ4v) is 2.54. The van der Waals surface area contributed by atoms with E-state index in [9.17, 15) is 14.4 Å². The highest BCUT2D eigenvalue weighted by Gasteiger charge is 2.43. The average Bonchev–Trinajstić information content (AvgIpc) is 2.60. The highest BCUT2D eigenvalue weighted by atomic mass is 16.2. The van der Waals surface area contributed by atoms with Crippen molar-refractivity contribution in [2.75, 3.05) is 0 Å². The van der Waals surface area contributed by atoms with E-state index in [2.05, 4.69) is 0 Å². The van der Waals surface area contributed by atoms with Gasteiger partial charge in [-0.05, 0) is 27.2 Å². The van der Waals surface area contributed by atoms with Crippen molar-refractivity contribution >= 4 is 17.6 Å². The molecule has 4 nitrogen and oxygen atoms in total. The summed E-state index contributed by atoms with van der Waals surface area (Å²) in [5.74, 6) is -0.177. The van der Waals surface area contributed by atoms with Crippen LogP contribution in [-0.2, 0) is 14.4 Å². The van der Waals surface area contributed by atoms with E-state index in [-0.39, 0.29) is 17.6 Å². The summed E-state index contributed by atoms with van der Waals surface area (Å²) in [6.07, 6.45) is 1.08. The maximum absolute atomic E-state index is 11.7. The molecule has 0 atom stereocenters. The molecule has 110 valence electrons. The quantitative estimate of drug-likeness (QED) is 0.737. The Morgan fingerprint density at radius 3 is 1.74 bits per heavy atom. The molecule has 0 aliphatic carbocycles. The third-order valence-corrected chi connectivity index (χ3v) is 3.48. The summed E-state index contributed by atoms with van der Waals surface area (Å²) in [5.41, 5.74) is -1.12. The van der Waals surface area contributed by atoms with Gasteiger partial charge in [0, 0.05) is 23.8 Å². The Morgan fingerprint density at radius 1 is 1.05 bits per heavy atom. The van der Waals surface area contributed by atoms with E-state index in [0.29, 0.717) is 19.3 Å². The molecule has 1 fully saturated rings. The van der Waals surface area contributed by atoms with Gasteiger partial charge in [-0.25, -0.2) is 0 Å². The average molecular weight is 269 g/mol. The zero-order valence-electron chi connectivity index (χ0n) is 13.3. The third-order valence-electron chi connectivity index (χ3n) is 3.48. The van der Waals surface area contributed by atoms with Crippen LogP contribution in [0.15, 0.2) is 0 Å². The van der Waals surface area contributed by atoms with E-state index in [1.54, 1.807) is 6.92 Å². The largest absolute Gasteiger partial charge is 0.299 e. The maximum atomic E-state index is 11.7. The molecule has 1 aliphatic rings. The Bertz CT molecular complexity index is 354. The minimum Gasteiger partial charge on any atom is -0.299 e. The first kappa shape index (κ1) is 17.8. The van der Waals surface area contributed by atoms with Crippen LogP contribution in [0.4, 0.5) is 0 Å². The van der Waals surface area contributed by atoms with Gasteiger partial charge in [0.15, 0.2) is 0 Å². The molecule has 0 radical (unpaired) electrons. The number of hydrogen-bond donors (Lipinski definition) is 0. The van der Waals surface area contributed by atoms with Gasteiger partial charge in [-0.2, -0.15) is 0 Å². The van der Waals surface area contributed by atoms with Gasteiger partial charge in [-0.15, -0.1) is 0 Å². The van der Waals surface area contributed by atoms with E-state index in [1.165, 1.54) is 4.90 Å². The number of nitrogens with zero attached hydrogens (tertiary/aromatic N) is 1. The van der Waals surface area contributed by atoms with Crippen molar-refractivity contribution in [3.8, 4) is 0 Å². The van der Waals surface area contributed by atoms with Crippen molar-refractivity contribution < 1.29 is 14.4 Å². The number of Topliss-reactive ketones (excluding diaryl/α,β-unsaturated/α-hetero) is 1. The van der Waals surface area contributed by atoms with Crippen molar-refractivity contribution in [3.05, 3.63) is 0 Å². The highest BCUT2D eigenvalue weighted by Crippen LogP contribution is 2.35. The highest BCUT2D eigenvalue weighted by molar-refractivity contribution is 6.02. The molecule has 2 amide bonds. The van der Waals surface area contributed by atoms with Crippen LogP contribution in [0.2, 0.25) is 0 Å². The number of carbonyl (C=O) groups excluding carboxylic acids is 3. The van der Waals surface area contributed by atoms with Gasteiger partial charge in [0.25, 0.3) is 0 Å². The molecule has 1 aliphatic heterocycles. The van der Waals surface area contributed by atoms with Gasteiger partial charge in [-0.3, -0.25) is 19.3 Å². The smallest absolute Gasteiger partial charge is 0.230 e. The molecule has 0 unspecified atom stereocenters. The molecule has 0 spiro atoms. The lowest BCUT2D eigenvalue weighted by Gasteiger charge is -2.39. The SMILES string of the molecule is CC.CC(=O)C(C)(C)CC(C)(C)N1C(=O)CCC1=O. The van der Waals surface area contributed by atoms with Gasteiger partial charge in [0.1, 0.15) is 5.78 Å². The summed E-state index contributed by atoms with van der Waals surface area (Å²) >= 11 is 0. The fraction of sp³-hybridized carbons (Fsp3) is 0.800. The van der Waals surface area contributed by atoms with Crippen molar-refractivity contribution in [1.29, 1.82) is 0 Å². The minimum atomic E-state index is -0.597. The second-order valence-electron chi connectivity index (χ2n) is 6.05. The molecule has 0 aromatic heterocycles. The Morgan fingerprint density at radius 2 is 1.42 bits per heavy atom. The second kappa shape index (κ2) is 6.31. The topological polar surface area (TPSA) is 54.5 Å². The predicted molar refractivity (Wildman–Crippen MR) is 75.6 cm³/mol. The Balaban J connectivity index is 0.00000154. The third kappa shape index (κ3) is 4.15. The van der Waals surface area contributed by atoms with Gasteiger partial charge in [0.05, 0.1) is 0 Å². The Hall–Kier alpha value is -1.19. The summed E-state index contributed by atoms with van der Waals surface area (Å²) in [4.78, 5) is 36.3. The van der Waals surface area contributed by atoms with Crippen molar-refractivity contribution in [2.45, 2.75) is 73.3 Å². The number of carbonyl (C=O) groups is 3. The fourth-order valence-electron chi connectivity index (χ4n) is 2.54. The normalized spacial score (nSPS) is 16.3. The number of amides is 2. The summed E-state index contributed by atoms with van der Waals surface area (Å²) in [5, 5.41) is 0. The summed E-state index contributed by atoms with van der Waals surface area (Å²) < 4.78 is 0. The standard InChI is InChI=1S/C13H21NO3.C2H6/c1-9(15)12(2,3)8-13(4,5)14-10(16)6-7-11(14)17;1-2/h6-8H2,1-5H3;1-2H3. The summed E-state index contributed by atoms with van der Waals surface area (Å²) in [7, 11) is 0. The molecule has 19 heavy (non-hydrogen) atoms. The number of ketones is 1. The molecular weight excluding hydrogens is 242 g/mol. The molecule has 0 N–H and O–H groups in total. The molecule has 0 aromatic carbocycles. The van der Waals surface area contributed by atoms with Crippen molar-refractivity contribution in [2.24, 2.45) is 5.41 Å². The minimum absolute atomic E-state index is 0.0738. The zero-order chi connectivity index (χ0) is 15.4. The van der Waals surface area contributed by atoms with Gasteiger partial charge >= 0.3 is 0 Å². The molecule has 1 heterocycles. The van der Waals surface area contributed by atoms with Gasteiger partial charge < -0.3 is 0 Å². The van der Waals surface area contributed by atoms with Gasteiger partial charge in [0.2, 0.25) is 11.8 Å². The molecular formula is C15H27NO3. The first-order valence-electron chi connectivity index (χ1n) is 6.95. The van der Waals surface area contributed by atoms with Crippen molar-refractivity contribution in [1.82, 2.24) is 4.90 Å². The molecule has 1 rings (SSSR count). The van der Waals surface area contributed by atoms with Crippen LogP contribution in [0.25, 0.3) is 0 Å². The van der Waals surface area contributed by atoms with Crippen LogP contribution >= 0.6 is 0 Å². The number of imide groups is 1. The lowest BCUT2D eigenvalue weighted by Crippen LogP contribution is -2.50. The lowest BCUT2D eigenvalue weighted by molar-refractivity contribution is -0.147. The molecule has 0 saturated carbocycles. The van der Waals surface area contributed by atoms with E-state index in [0.717, 1.165) is 0 Å². The van der Waals surface area contributed by atoms with E-state index < -0.39 is 11.0 Å². The predicted octanol–water partition coefficient (Wildman–Crippen LogP) is 2.95. The molecule has 4 heteroatoms. The van der Waals surface area contributed by atoms with Crippen LogP contribution in [-0.4, -0.2) is 28.0 Å². The Kier molecular flexibility index (Phi) is 5.91.